The van der Waals surface area contributed by atoms with Crippen molar-refractivity contribution in [2.75, 3.05) is 5.32 Å². The van der Waals surface area contributed by atoms with Crippen molar-refractivity contribution in [1.29, 1.82) is 0 Å². The highest BCUT2D eigenvalue weighted by Crippen LogP contribution is 2.33. The van der Waals surface area contributed by atoms with E-state index >= 15 is 0 Å². The minimum atomic E-state index is -0.489. The smallest absolute Gasteiger partial charge is 0.243 e. The predicted molar refractivity (Wildman–Crippen MR) is 102 cm³/mol. The molecule has 3 aromatic heterocycles. The van der Waals surface area contributed by atoms with Crippen molar-refractivity contribution in [3.8, 4) is 11.6 Å². The number of benzene rings is 1. The number of furan rings is 1. The maximum Gasteiger partial charge on any atom is 0.243 e. The van der Waals surface area contributed by atoms with Crippen molar-refractivity contribution in [2.45, 2.75) is 17.9 Å². The van der Waals surface area contributed by atoms with Crippen LogP contribution in [-0.4, -0.2) is 21.2 Å². The lowest BCUT2D eigenvalue weighted by Crippen LogP contribution is -2.19. The number of carbonyl (C=O) groups is 1. The molecule has 0 saturated heterocycles. The zero-order valence-electron chi connectivity index (χ0n) is 14.9. The van der Waals surface area contributed by atoms with Gasteiger partial charge < -0.3 is 18.8 Å². The number of hydrogen-bond acceptors (Lipinski definition) is 8. The van der Waals surface area contributed by atoms with E-state index in [-0.39, 0.29) is 5.91 Å². The van der Waals surface area contributed by atoms with Crippen LogP contribution in [0.3, 0.4) is 0 Å². The average Bonchev–Trinajstić information content (AvgIpc) is 3.45. The molecule has 1 amide bonds. The predicted octanol–water partition coefficient (Wildman–Crippen LogP) is 4.24. The maximum absolute atomic E-state index is 12.8. The summed E-state index contributed by atoms with van der Waals surface area (Å²) in [6, 6.07) is 14.6. The van der Waals surface area contributed by atoms with E-state index in [1.54, 1.807) is 31.4 Å². The van der Waals surface area contributed by atoms with Crippen LogP contribution >= 0.6 is 11.8 Å². The fraction of sp³-hybridized carbons (Fsp3) is 0.158. The molecule has 1 atom stereocenters. The number of anilines is 1. The van der Waals surface area contributed by atoms with E-state index in [2.05, 4.69) is 20.6 Å². The number of nitrogens with zero attached hydrogens (tertiary/aromatic N) is 3. The fourth-order valence-electron chi connectivity index (χ4n) is 2.54. The first kappa shape index (κ1) is 18.1. The standard InChI is InChI=1S/C19H16N4O4S/c1-12-10-15(22-26-12)20-19(24)17(13-6-3-2-4-7-13)28-11-16-21-18(23-27-16)14-8-5-9-25-14/h2-10,17H,11H2,1H3,(H,20,22,24)/t17-/m0/s1. The van der Waals surface area contributed by atoms with Gasteiger partial charge in [-0.05, 0) is 24.6 Å². The normalized spacial score (nSPS) is 12.0. The van der Waals surface area contributed by atoms with E-state index < -0.39 is 5.25 Å². The van der Waals surface area contributed by atoms with Gasteiger partial charge in [0.25, 0.3) is 0 Å². The SMILES string of the molecule is Cc1cc(NC(=O)[C@@H](SCc2nc(-c3ccco3)no2)c2ccccc2)no1. The second-order valence-corrected chi connectivity index (χ2v) is 7.00. The Balaban J connectivity index is 1.48. The van der Waals surface area contributed by atoms with Crippen LogP contribution in [0.1, 0.15) is 22.5 Å². The number of thioether (sulfide) groups is 1. The Morgan fingerprint density at radius 1 is 1.14 bits per heavy atom. The summed E-state index contributed by atoms with van der Waals surface area (Å²) in [5, 5.41) is 10.0. The Hall–Kier alpha value is -3.33. The highest BCUT2D eigenvalue weighted by molar-refractivity contribution is 7.99. The van der Waals surface area contributed by atoms with Gasteiger partial charge in [-0.2, -0.15) is 4.98 Å². The van der Waals surface area contributed by atoms with Gasteiger partial charge in [-0.3, -0.25) is 4.79 Å². The quantitative estimate of drug-likeness (QED) is 0.494. The lowest BCUT2D eigenvalue weighted by atomic mass is 10.1. The van der Waals surface area contributed by atoms with Crippen LogP contribution in [0.15, 0.2) is 68.3 Å². The summed E-state index contributed by atoms with van der Waals surface area (Å²) >= 11 is 1.38. The second kappa shape index (κ2) is 8.13. The second-order valence-electron chi connectivity index (χ2n) is 5.90. The summed E-state index contributed by atoms with van der Waals surface area (Å²) in [6.07, 6.45) is 1.54. The third-order valence-electron chi connectivity index (χ3n) is 3.80. The number of amides is 1. The summed E-state index contributed by atoms with van der Waals surface area (Å²) in [4.78, 5) is 17.2. The molecule has 0 radical (unpaired) electrons. The third-order valence-corrected chi connectivity index (χ3v) is 5.04. The van der Waals surface area contributed by atoms with Crippen molar-refractivity contribution in [3.05, 3.63) is 72.0 Å². The molecule has 0 bridgehead atoms. The van der Waals surface area contributed by atoms with E-state index in [1.807, 2.05) is 30.3 Å². The Labute approximate surface area is 164 Å². The highest BCUT2D eigenvalue weighted by atomic mass is 32.2. The molecule has 0 saturated carbocycles. The van der Waals surface area contributed by atoms with E-state index in [0.717, 1.165) is 5.56 Å². The van der Waals surface area contributed by atoms with Gasteiger partial charge in [0.15, 0.2) is 11.6 Å². The molecule has 4 aromatic rings. The number of hydrogen-bond donors (Lipinski definition) is 1. The minimum Gasteiger partial charge on any atom is -0.461 e. The molecule has 0 aliphatic heterocycles. The van der Waals surface area contributed by atoms with Crippen LogP contribution in [0.2, 0.25) is 0 Å². The molecule has 0 spiro atoms. The first-order chi connectivity index (χ1) is 13.7. The lowest BCUT2D eigenvalue weighted by Gasteiger charge is -2.15. The lowest BCUT2D eigenvalue weighted by molar-refractivity contribution is -0.115. The van der Waals surface area contributed by atoms with Crippen molar-refractivity contribution in [3.63, 3.8) is 0 Å². The Kier molecular flexibility index (Phi) is 5.24. The molecule has 142 valence electrons. The number of aryl methyl sites for hydroxylation is 1. The van der Waals surface area contributed by atoms with Crippen molar-refractivity contribution in [2.24, 2.45) is 0 Å². The van der Waals surface area contributed by atoms with Gasteiger partial charge in [0, 0.05) is 6.07 Å². The van der Waals surface area contributed by atoms with Gasteiger partial charge in [0.1, 0.15) is 11.0 Å². The summed E-state index contributed by atoms with van der Waals surface area (Å²) < 4.78 is 15.5. The monoisotopic (exact) mass is 396 g/mol. The highest BCUT2D eigenvalue weighted by Gasteiger charge is 2.23. The topological polar surface area (TPSA) is 107 Å². The summed E-state index contributed by atoms with van der Waals surface area (Å²) in [5.41, 5.74) is 0.857. The molecular formula is C19H16N4O4S. The Morgan fingerprint density at radius 2 is 2.00 bits per heavy atom. The van der Waals surface area contributed by atoms with Crippen LogP contribution in [-0.2, 0) is 10.5 Å². The summed E-state index contributed by atoms with van der Waals surface area (Å²) in [6.45, 7) is 1.76. The van der Waals surface area contributed by atoms with Gasteiger partial charge in [-0.1, -0.05) is 40.6 Å². The van der Waals surface area contributed by atoms with E-state index in [1.165, 1.54) is 11.8 Å². The van der Waals surface area contributed by atoms with E-state index in [9.17, 15) is 4.79 Å². The molecule has 0 fully saturated rings. The first-order valence-corrected chi connectivity index (χ1v) is 9.51. The van der Waals surface area contributed by atoms with Gasteiger partial charge in [0.2, 0.25) is 17.6 Å². The molecule has 0 aliphatic carbocycles. The van der Waals surface area contributed by atoms with Crippen LogP contribution in [0.25, 0.3) is 11.6 Å². The molecule has 8 nitrogen and oxygen atoms in total. The molecule has 1 aromatic carbocycles. The van der Waals surface area contributed by atoms with E-state index in [4.69, 9.17) is 13.5 Å². The molecule has 4 rings (SSSR count). The van der Waals surface area contributed by atoms with Crippen LogP contribution < -0.4 is 5.32 Å². The van der Waals surface area contributed by atoms with Crippen LogP contribution in [0, 0.1) is 6.92 Å². The van der Waals surface area contributed by atoms with Crippen LogP contribution in [0.5, 0.6) is 0 Å². The van der Waals surface area contributed by atoms with Crippen molar-refractivity contribution < 1.29 is 18.3 Å². The van der Waals surface area contributed by atoms with E-state index in [0.29, 0.717) is 34.8 Å². The molecule has 3 heterocycles. The zero-order chi connectivity index (χ0) is 19.3. The third kappa shape index (κ3) is 4.15. The molecule has 0 aliphatic rings. The maximum atomic E-state index is 12.8. The molecular weight excluding hydrogens is 380 g/mol. The van der Waals surface area contributed by atoms with Gasteiger partial charge >= 0.3 is 0 Å². The van der Waals surface area contributed by atoms with Gasteiger partial charge in [-0.15, -0.1) is 11.8 Å². The van der Waals surface area contributed by atoms with Crippen LogP contribution in [0.4, 0.5) is 5.82 Å². The summed E-state index contributed by atoms with van der Waals surface area (Å²) in [7, 11) is 0. The zero-order valence-corrected chi connectivity index (χ0v) is 15.7. The Morgan fingerprint density at radius 3 is 2.71 bits per heavy atom. The minimum absolute atomic E-state index is 0.213. The van der Waals surface area contributed by atoms with Crippen molar-refractivity contribution >= 4 is 23.5 Å². The Bertz CT molecular complexity index is 1040. The number of rotatable bonds is 7. The summed E-state index contributed by atoms with van der Waals surface area (Å²) in [5.74, 6) is 2.45. The van der Waals surface area contributed by atoms with Crippen molar-refractivity contribution in [1.82, 2.24) is 15.3 Å². The first-order valence-electron chi connectivity index (χ1n) is 8.46. The molecule has 28 heavy (non-hydrogen) atoms. The number of carbonyl (C=O) groups excluding carboxylic acids is 1. The van der Waals surface area contributed by atoms with Gasteiger partial charge in [-0.25, -0.2) is 0 Å². The molecule has 0 unspecified atom stereocenters. The molecule has 9 heteroatoms. The van der Waals surface area contributed by atoms with Gasteiger partial charge in [0.05, 0.1) is 12.0 Å². The average molecular weight is 396 g/mol. The molecule has 1 N–H and O–H groups in total. The largest absolute Gasteiger partial charge is 0.461 e. The number of nitrogens with one attached hydrogen (secondary N) is 1. The fourth-order valence-corrected chi connectivity index (χ4v) is 3.53. The number of aromatic nitrogens is 3.